The van der Waals surface area contributed by atoms with Crippen LogP contribution in [0, 0.1) is 5.92 Å². The van der Waals surface area contributed by atoms with Crippen molar-refractivity contribution < 1.29 is 9.53 Å². The largest absolute Gasteiger partial charge is 0.489 e. The highest BCUT2D eigenvalue weighted by Crippen LogP contribution is 2.35. The Hall–Kier alpha value is -1.42. The monoisotopic (exact) mass is 280 g/mol. The van der Waals surface area contributed by atoms with E-state index in [1.54, 1.807) is 0 Å². The molecule has 0 unspecified atom stereocenters. The smallest absolute Gasteiger partial charge is 0.222 e. The number of hydrogen-bond donors (Lipinski definition) is 1. The summed E-state index contributed by atoms with van der Waals surface area (Å²) >= 11 is 6.24. The van der Waals surface area contributed by atoms with E-state index < -0.39 is 0 Å². The number of halogens is 1. The van der Waals surface area contributed by atoms with Crippen LogP contribution in [0.4, 0.5) is 5.69 Å². The molecule has 1 aliphatic carbocycles. The normalized spacial score (nSPS) is 22.6. The molecule has 1 saturated heterocycles. The van der Waals surface area contributed by atoms with Crippen molar-refractivity contribution >= 4 is 23.2 Å². The average Bonchev–Trinajstić information content (AvgIpc) is 3.05. The number of ether oxygens (including phenoxy) is 1. The standard InChI is InChI=1S/C14H17ClN2O2/c15-12-7-10(1-4-13(12)19-11-2-3-11)17-6-5-9(8-17)14(16)18/h1,4,7,9,11H,2-3,5-6,8H2,(H2,16,18)/t9-/m0/s1. The van der Waals surface area contributed by atoms with Gasteiger partial charge in [-0.25, -0.2) is 0 Å². The van der Waals surface area contributed by atoms with E-state index in [-0.39, 0.29) is 11.8 Å². The van der Waals surface area contributed by atoms with E-state index in [0.29, 0.717) is 17.7 Å². The Morgan fingerprint density at radius 2 is 2.16 bits per heavy atom. The number of primary amides is 1. The van der Waals surface area contributed by atoms with Crippen LogP contribution in [0.25, 0.3) is 0 Å². The van der Waals surface area contributed by atoms with Gasteiger partial charge in [0.15, 0.2) is 0 Å². The summed E-state index contributed by atoms with van der Waals surface area (Å²) in [6.45, 7) is 1.52. The number of carbonyl (C=O) groups is 1. The van der Waals surface area contributed by atoms with Crippen LogP contribution in [0.15, 0.2) is 18.2 Å². The highest BCUT2D eigenvalue weighted by Gasteiger charge is 2.28. The SMILES string of the molecule is NC(=O)[C@H]1CCN(c2ccc(OC3CC3)c(Cl)c2)C1. The van der Waals surface area contributed by atoms with Crippen molar-refractivity contribution in [3.63, 3.8) is 0 Å². The molecule has 1 atom stereocenters. The van der Waals surface area contributed by atoms with E-state index in [2.05, 4.69) is 4.90 Å². The van der Waals surface area contributed by atoms with E-state index in [0.717, 1.165) is 37.2 Å². The third kappa shape index (κ3) is 2.78. The minimum Gasteiger partial charge on any atom is -0.489 e. The fourth-order valence-electron chi connectivity index (χ4n) is 2.37. The van der Waals surface area contributed by atoms with Crippen LogP contribution in [0.1, 0.15) is 19.3 Å². The van der Waals surface area contributed by atoms with Gasteiger partial charge in [0, 0.05) is 18.8 Å². The molecule has 1 aliphatic heterocycles. The molecule has 1 aromatic rings. The molecule has 1 amide bonds. The van der Waals surface area contributed by atoms with Crippen LogP contribution in [0.5, 0.6) is 5.75 Å². The second-order valence-electron chi connectivity index (χ2n) is 5.27. The zero-order chi connectivity index (χ0) is 13.4. The zero-order valence-electron chi connectivity index (χ0n) is 10.6. The fourth-order valence-corrected chi connectivity index (χ4v) is 2.59. The van der Waals surface area contributed by atoms with E-state index in [1.165, 1.54) is 0 Å². The van der Waals surface area contributed by atoms with Crippen LogP contribution < -0.4 is 15.4 Å². The highest BCUT2D eigenvalue weighted by molar-refractivity contribution is 6.32. The van der Waals surface area contributed by atoms with Gasteiger partial charge in [0.1, 0.15) is 5.75 Å². The number of benzene rings is 1. The summed E-state index contributed by atoms with van der Waals surface area (Å²) in [6.07, 6.45) is 3.39. The first kappa shape index (κ1) is 12.6. The Morgan fingerprint density at radius 1 is 1.37 bits per heavy atom. The van der Waals surface area contributed by atoms with Gasteiger partial charge in [-0.2, -0.15) is 0 Å². The predicted octanol–water partition coefficient (Wildman–Crippen LogP) is 2.19. The molecule has 2 fully saturated rings. The quantitative estimate of drug-likeness (QED) is 0.920. The molecule has 1 heterocycles. The van der Waals surface area contributed by atoms with Gasteiger partial charge in [-0.15, -0.1) is 0 Å². The van der Waals surface area contributed by atoms with Gasteiger partial charge in [-0.3, -0.25) is 4.79 Å². The second kappa shape index (κ2) is 4.93. The Kier molecular flexibility index (Phi) is 3.27. The van der Waals surface area contributed by atoms with Crippen LogP contribution in [-0.2, 0) is 4.79 Å². The third-order valence-electron chi connectivity index (χ3n) is 3.69. The maximum Gasteiger partial charge on any atom is 0.222 e. The van der Waals surface area contributed by atoms with E-state index in [9.17, 15) is 4.79 Å². The van der Waals surface area contributed by atoms with Crippen LogP contribution in [0.2, 0.25) is 5.02 Å². The Labute approximate surface area is 117 Å². The summed E-state index contributed by atoms with van der Waals surface area (Å²) in [5.74, 6) is 0.474. The number of rotatable bonds is 4. The van der Waals surface area contributed by atoms with Crippen molar-refractivity contribution in [3.8, 4) is 5.75 Å². The lowest BCUT2D eigenvalue weighted by molar-refractivity contribution is -0.121. The Bertz CT molecular complexity index is 502. The lowest BCUT2D eigenvalue weighted by Gasteiger charge is -2.19. The summed E-state index contributed by atoms with van der Waals surface area (Å²) in [5.41, 5.74) is 6.37. The molecule has 1 aromatic carbocycles. The van der Waals surface area contributed by atoms with E-state index in [1.807, 2.05) is 18.2 Å². The maximum absolute atomic E-state index is 11.2. The lowest BCUT2D eigenvalue weighted by Crippen LogP contribution is -2.27. The second-order valence-corrected chi connectivity index (χ2v) is 5.67. The first-order valence-electron chi connectivity index (χ1n) is 6.64. The molecule has 5 heteroatoms. The lowest BCUT2D eigenvalue weighted by atomic mass is 10.1. The van der Waals surface area contributed by atoms with Gasteiger partial charge >= 0.3 is 0 Å². The number of nitrogens with two attached hydrogens (primary N) is 1. The fraction of sp³-hybridized carbons (Fsp3) is 0.500. The molecular formula is C14H17ClN2O2. The van der Waals surface area contributed by atoms with E-state index in [4.69, 9.17) is 22.1 Å². The summed E-state index contributed by atoms with van der Waals surface area (Å²) in [7, 11) is 0. The molecule has 3 rings (SSSR count). The minimum absolute atomic E-state index is 0.0545. The van der Waals surface area contributed by atoms with Gasteiger partial charge < -0.3 is 15.4 Å². The molecule has 19 heavy (non-hydrogen) atoms. The van der Waals surface area contributed by atoms with Crippen molar-refractivity contribution in [1.82, 2.24) is 0 Å². The Morgan fingerprint density at radius 3 is 2.74 bits per heavy atom. The molecule has 102 valence electrons. The summed E-state index contributed by atoms with van der Waals surface area (Å²) in [6, 6.07) is 5.81. The van der Waals surface area contributed by atoms with Crippen LogP contribution in [-0.4, -0.2) is 25.1 Å². The van der Waals surface area contributed by atoms with Crippen molar-refractivity contribution in [3.05, 3.63) is 23.2 Å². The predicted molar refractivity (Wildman–Crippen MR) is 74.6 cm³/mol. The molecule has 0 aromatic heterocycles. The molecule has 4 nitrogen and oxygen atoms in total. The first-order chi connectivity index (χ1) is 9.13. The van der Waals surface area contributed by atoms with Gasteiger partial charge in [0.2, 0.25) is 5.91 Å². The van der Waals surface area contributed by atoms with Crippen molar-refractivity contribution in [1.29, 1.82) is 0 Å². The molecule has 0 radical (unpaired) electrons. The van der Waals surface area contributed by atoms with Crippen LogP contribution >= 0.6 is 11.6 Å². The number of amides is 1. The van der Waals surface area contributed by atoms with Gasteiger partial charge in [0.05, 0.1) is 17.0 Å². The summed E-state index contributed by atoms with van der Waals surface area (Å²) in [4.78, 5) is 13.3. The molecule has 2 aliphatic rings. The molecular weight excluding hydrogens is 264 g/mol. The number of nitrogens with zero attached hydrogens (tertiary/aromatic N) is 1. The molecule has 0 spiro atoms. The summed E-state index contributed by atoms with van der Waals surface area (Å²) < 4.78 is 5.71. The number of hydrogen-bond acceptors (Lipinski definition) is 3. The van der Waals surface area contributed by atoms with E-state index >= 15 is 0 Å². The zero-order valence-corrected chi connectivity index (χ0v) is 11.4. The third-order valence-corrected chi connectivity index (χ3v) is 3.98. The van der Waals surface area contributed by atoms with Crippen molar-refractivity contribution in [2.45, 2.75) is 25.4 Å². The highest BCUT2D eigenvalue weighted by atomic mass is 35.5. The van der Waals surface area contributed by atoms with Gasteiger partial charge in [-0.05, 0) is 37.5 Å². The topological polar surface area (TPSA) is 55.6 Å². The minimum atomic E-state index is -0.220. The van der Waals surface area contributed by atoms with Gasteiger partial charge in [-0.1, -0.05) is 11.6 Å². The van der Waals surface area contributed by atoms with Gasteiger partial charge in [0.25, 0.3) is 0 Å². The van der Waals surface area contributed by atoms with Crippen molar-refractivity contribution in [2.75, 3.05) is 18.0 Å². The molecule has 1 saturated carbocycles. The number of carbonyl (C=O) groups excluding carboxylic acids is 1. The average molecular weight is 281 g/mol. The number of anilines is 1. The Balaban J connectivity index is 1.71. The van der Waals surface area contributed by atoms with Crippen LogP contribution in [0.3, 0.4) is 0 Å². The first-order valence-corrected chi connectivity index (χ1v) is 7.02. The molecule has 2 N–H and O–H groups in total. The summed E-state index contributed by atoms with van der Waals surface area (Å²) in [5, 5.41) is 0.631. The van der Waals surface area contributed by atoms with Crippen molar-refractivity contribution in [2.24, 2.45) is 11.7 Å². The maximum atomic E-state index is 11.2. The molecule has 0 bridgehead atoms.